The molecule has 0 fully saturated rings. The maximum atomic E-state index is 3.99. The third-order valence-electron chi connectivity index (χ3n) is 1.28. The molecule has 0 bridgehead atoms. The third kappa shape index (κ3) is 2.80. The molecule has 0 N–H and O–H groups in total. The van der Waals surface area contributed by atoms with Crippen LogP contribution in [0.2, 0.25) is 0 Å². The molecule has 0 aliphatic rings. The standard InChI is InChI=1S/C10H11N/c1-2-3-4-6-10-7-5-8-11-9-10/h2-9H,1H3/b3-2-,6-4-. The summed E-state index contributed by atoms with van der Waals surface area (Å²) in [6, 6.07) is 3.95. The number of rotatable bonds is 2. The second-order valence-corrected chi connectivity index (χ2v) is 2.17. The quantitative estimate of drug-likeness (QED) is 0.583. The van der Waals surface area contributed by atoms with E-state index in [0.29, 0.717) is 0 Å². The van der Waals surface area contributed by atoms with Crippen LogP contribution in [-0.2, 0) is 0 Å². The minimum atomic E-state index is 1.13. The van der Waals surface area contributed by atoms with E-state index >= 15 is 0 Å². The fourth-order valence-electron chi connectivity index (χ4n) is 0.752. The molecule has 11 heavy (non-hydrogen) atoms. The summed E-state index contributed by atoms with van der Waals surface area (Å²) < 4.78 is 0. The highest BCUT2D eigenvalue weighted by atomic mass is 14.6. The molecule has 0 radical (unpaired) electrons. The van der Waals surface area contributed by atoms with Gasteiger partial charge in [0.2, 0.25) is 0 Å². The van der Waals surface area contributed by atoms with E-state index in [1.807, 2.05) is 49.6 Å². The number of hydrogen-bond donors (Lipinski definition) is 0. The minimum Gasteiger partial charge on any atom is -0.264 e. The number of aromatic nitrogens is 1. The Morgan fingerprint density at radius 2 is 2.27 bits per heavy atom. The van der Waals surface area contributed by atoms with Crippen LogP contribution in [-0.4, -0.2) is 4.98 Å². The highest BCUT2D eigenvalue weighted by Crippen LogP contribution is 1.97. The van der Waals surface area contributed by atoms with E-state index < -0.39 is 0 Å². The molecule has 0 atom stereocenters. The Balaban J connectivity index is 2.64. The first kappa shape index (κ1) is 7.73. The Hall–Kier alpha value is -1.37. The highest BCUT2D eigenvalue weighted by molar-refractivity contribution is 5.49. The van der Waals surface area contributed by atoms with Crippen LogP contribution >= 0.6 is 0 Å². The maximum Gasteiger partial charge on any atom is 0.0340 e. The summed E-state index contributed by atoms with van der Waals surface area (Å²) in [5.74, 6) is 0. The summed E-state index contributed by atoms with van der Waals surface area (Å²) in [4.78, 5) is 3.99. The SMILES string of the molecule is C/C=C\C=C/c1cccnc1. The van der Waals surface area contributed by atoms with Gasteiger partial charge in [0.05, 0.1) is 0 Å². The van der Waals surface area contributed by atoms with Gasteiger partial charge in [0, 0.05) is 12.4 Å². The molecular weight excluding hydrogens is 134 g/mol. The summed E-state index contributed by atoms with van der Waals surface area (Å²) in [6.45, 7) is 1.99. The number of pyridine rings is 1. The molecule has 0 unspecified atom stereocenters. The molecule has 1 aromatic rings. The van der Waals surface area contributed by atoms with Crippen LogP contribution in [0.1, 0.15) is 12.5 Å². The Morgan fingerprint density at radius 3 is 2.91 bits per heavy atom. The fraction of sp³-hybridized carbons (Fsp3) is 0.100. The smallest absolute Gasteiger partial charge is 0.0340 e. The molecule has 0 aromatic carbocycles. The summed E-state index contributed by atoms with van der Waals surface area (Å²) in [5, 5.41) is 0. The zero-order chi connectivity index (χ0) is 7.94. The summed E-state index contributed by atoms with van der Waals surface area (Å²) in [6.07, 6.45) is 11.6. The van der Waals surface area contributed by atoms with Crippen LogP contribution in [0.5, 0.6) is 0 Å². The van der Waals surface area contributed by atoms with Crippen molar-refractivity contribution in [3.63, 3.8) is 0 Å². The van der Waals surface area contributed by atoms with Crippen LogP contribution in [0.15, 0.2) is 42.8 Å². The molecule has 1 heterocycles. The lowest BCUT2D eigenvalue weighted by Gasteiger charge is -1.86. The van der Waals surface area contributed by atoms with Crippen LogP contribution in [0, 0.1) is 0 Å². The van der Waals surface area contributed by atoms with Crippen molar-refractivity contribution < 1.29 is 0 Å². The average molecular weight is 145 g/mol. The van der Waals surface area contributed by atoms with Gasteiger partial charge in [-0.05, 0) is 18.6 Å². The van der Waals surface area contributed by atoms with E-state index in [4.69, 9.17) is 0 Å². The first-order valence-corrected chi connectivity index (χ1v) is 3.63. The van der Waals surface area contributed by atoms with Crippen molar-refractivity contribution in [2.75, 3.05) is 0 Å². The van der Waals surface area contributed by atoms with Crippen molar-refractivity contribution in [3.05, 3.63) is 48.3 Å². The van der Waals surface area contributed by atoms with Crippen molar-refractivity contribution >= 4 is 6.08 Å². The summed E-state index contributed by atoms with van der Waals surface area (Å²) in [5.41, 5.74) is 1.13. The number of allylic oxidation sites excluding steroid dienone is 3. The second kappa shape index (κ2) is 4.45. The van der Waals surface area contributed by atoms with Gasteiger partial charge in [-0.1, -0.05) is 30.4 Å². The van der Waals surface area contributed by atoms with E-state index in [1.54, 1.807) is 6.20 Å². The summed E-state index contributed by atoms with van der Waals surface area (Å²) in [7, 11) is 0. The van der Waals surface area contributed by atoms with Crippen LogP contribution < -0.4 is 0 Å². The lowest BCUT2D eigenvalue weighted by molar-refractivity contribution is 1.32. The molecule has 0 saturated carbocycles. The molecule has 0 aliphatic carbocycles. The Kier molecular flexibility index (Phi) is 3.13. The first-order valence-electron chi connectivity index (χ1n) is 3.63. The zero-order valence-electron chi connectivity index (χ0n) is 6.57. The molecule has 1 aromatic heterocycles. The van der Waals surface area contributed by atoms with Crippen LogP contribution in [0.4, 0.5) is 0 Å². The fourth-order valence-corrected chi connectivity index (χ4v) is 0.752. The Morgan fingerprint density at radius 1 is 1.36 bits per heavy atom. The molecular formula is C10H11N. The zero-order valence-corrected chi connectivity index (χ0v) is 6.57. The van der Waals surface area contributed by atoms with Gasteiger partial charge in [-0.25, -0.2) is 0 Å². The molecule has 1 heteroatoms. The molecule has 0 amide bonds. The van der Waals surface area contributed by atoms with Gasteiger partial charge in [0.15, 0.2) is 0 Å². The number of hydrogen-bond acceptors (Lipinski definition) is 1. The topological polar surface area (TPSA) is 12.9 Å². The predicted octanol–water partition coefficient (Wildman–Crippen LogP) is 2.67. The molecule has 0 spiro atoms. The maximum absolute atomic E-state index is 3.99. The van der Waals surface area contributed by atoms with Crippen molar-refractivity contribution in [2.45, 2.75) is 6.92 Å². The van der Waals surface area contributed by atoms with Gasteiger partial charge in [-0.2, -0.15) is 0 Å². The largest absolute Gasteiger partial charge is 0.264 e. The van der Waals surface area contributed by atoms with Crippen LogP contribution in [0.25, 0.3) is 6.08 Å². The van der Waals surface area contributed by atoms with E-state index in [-0.39, 0.29) is 0 Å². The van der Waals surface area contributed by atoms with Crippen LogP contribution in [0.3, 0.4) is 0 Å². The first-order chi connectivity index (χ1) is 5.43. The Bertz CT molecular complexity index is 247. The molecule has 1 rings (SSSR count). The molecule has 1 nitrogen and oxygen atoms in total. The average Bonchev–Trinajstić information content (AvgIpc) is 2.07. The van der Waals surface area contributed by atoms with Gasteiger partial charge in [0.1, 0.15) is 0 Å². The number of nitrogens with zero attached hydrogens (tertiary/aromatic N) is 1. The lowest BCUT2D eigenvalue weighted by Crippen LogP contribution is -1.71. The van der Waals surface area contributed by atoms with Crippen molar-refractivity contribution in [1.29, 1.82) is 0 Å². The van der Waals surface area contributed by atoms with Crippen molar-refractivity contribution in [1.82, 2.24) is 4.98 Å². The van der Waals surface area contributed by atoms with E-state index in [1.165, 1.54) is 0 Å². The van der Waals surface area contributed by atoms with E-state index in [9.17, 15) is 0 Å². The van der Waals surface area contributed by atoms with Gasteiger partial charge in [-0.15, -0.1) is 0 Å². The van der Waals surface area contributed by atoms with Gasteiger partial charge in [-0.3, -0.25) is 4.98 Å². The summed E-state index contributed by atoms with van der Waals surface area (Å²) >= 11 is 0. The molecule has 0 saturated heterocycles. The monoisotopic (exact) mass is 145 g/mol. The van der Waals surface area contributed by atoms with Gasteiger partial charge in [0.25, 0.3) is 0 Å². The molecule has 56 valence electrons. The highest BCUT2D eigenvalue weighted by Gasteiger charge is 1.79. The normalized spacial score (nSPS) is 11.4. The Labute approximate surface area is 67.1 Å². The second-order valence-electron chi connectivity index (χ2n) is 2.17. The minimum absolute atomic E-state index is 1.13. The van der Waals surface area contributed by atoms with E-state index in [0.717, 1.165) is 5.56 Å². The van der Waals surface area contributed by atoms with Gasteiger partial charge < -0.3 is 0 Å². The third-order valence-corrected chi connectivity index (χ3v) is 1.28. The predicted molar refractivity (Wildman–Crippen MR) is 48.1 cm³/mol. The van der Waals surface area contributed by atoms with Crippen molar-refractivity contribution in [2.24, 2.45) is 0 Å². The van der Waals surface area contributed by atoms with Crippen molar-refractivity contribution in [3.8, 4) is 0 Å². The lowest BCUT2D eigenvalue weighted by atomic mass is 10.2. The van der Waals surface area contributed by atoms with E-state index in [2.05, 4.69) is 4.98 Å². The molecule has 0 aliphatic heterocycles. The van der Waals surface area contributed by atoms with Gasteiger partial charge >= 0.3 is 0 Å².